The molecule has 1 atom stereocenters. The van der Waals surface area contributed by atoms with E-state index < -0.39 is 34.2 Å². The average molecular weight is 260 g/mol. The Kier molecular flexibility index (Phi) is 4.22. The molecule has 0 bridgehead atoms. The number of aliphatic carboxylic acids is 1. The molecule has 0 saturated carbocycles. The Morgan fingerprint density at radius 1 is 1.35 bits per heavy atom. The van der Waals surface area contributed by atoms with E-state index >= 15 is 0 Å². The van der Waals surface area contributed by atoms with Crippen LogP contribution in [-0.4, -0.2) is 31.9 Å². The van der Waals surface area contributed by atoms with Crippen molar-refractivity contribution in [1.82, 2.24) is 0 Å². The summed E-state index contributed by atoms with van der Waals surface area (Å²) in [7, 11) is -3.75. The highest BCUT2D eigenvalue weighted by Gasteiger charge is 2.26. The van der Waals surface area contributed by atoms with Crippen LogP contribution in [0.1, 0.15) is 5.56 Å². The third-order valence-electron chi connectivity index (χ3n) is 2.34. The van der Waals surface area contributed by atoms with Gasteiger partial charge in [-0.15, -0.1) is 0 Å². The second-order valence-electron chi connectivity index (χ2n) is 3.78. The molecule has 94 valence electrons. The van der Waals surface area contributed by atoms with E-state index in [2.05, 4.69) is 0 Å². The lowest BCUT2D eigenvalue weighted by Gasteiger charge is -2.09. The van der Waals surface area contributed by atoms with E-state index in [1.54, 1.807) is 19.1 Å². The molecule has 0 aromatic heterocycles. The van der Waals surface area contributed by atoms with Crippen LogP contribution in [0.5, 0.6) is 0 Å². The smallest absolute Gasteiger partial charge is 0.310 e. The number of alkyl halides is 1. The predicted molar refractivity (Wildman–Crippen MR) is 60.3 cm³/mol. The van der Waals surface area contributed by atoms with Gasteiger partial charge in [-0.25, -0.2) is 8.42 Å². The fourth-order valence-electron chi connectivity index (χ4n) is 1.29. The molecule has 1 rings (SSSR count). The zero-order valence-corrected chi connectivity index (χ0v) is 10.1. The number of hydrogen-bond donors (Lipinski definition) is 1. The molecule has 0 radical (unpaired) electrons. The second kappa shape index (κ2) is 5.27. The fraction of sp³-hybridized carbons (Fsp3) is 0.364. The molecule has 0 spiro atoms. The fourth-order valence-corrected chi connectivity index (χ4v) is 2.79. The van der Waals surface area contributed by atoms with Crippen LogP contribution < -0.4 is 0 Å². The standard InChI is InChI=1S/C11H13FO4S/c1-8-2-4-10(5-3-8)17(15,16)7-9(6-12)11(13)14/h2-5,9H,6-7H2,1H3,(H,13,14)/t9-/m0/s1. The van der Waals surface area contributed by atoms with Crippen LogP contribution >= 0.6 is 0 Å². The van der Waals surface area contributed by atoms with Crippen LogP contribution in [0.3, 0.4) is 0 Å². The van der Waals surface area contributed by atoms with E-state index in [1.807, 2.05) is 0 Å². The van der Waals surface area contributed by atoms with Crippen molar-refractivity contribution >= 4 is 15.8 Å². The number of carboxylic acid groups (broad SMARTS) is 1. The first kappa shape index (κ1) is 13.6. The maximum Gasteiger partial charge on any atom is 0.310 e. The number of hydrogen-bond acceptors (Lipinski definition) is 3. The van der Waals surface area contributed by atoms with Crippen LogP contribution in [0.15, 0.2) is 29.2 Å². The van der Waals surface area contributed by atoms with Gasteiger partial charge in [0.05, 0.1) is 16.6 Å². The summed E-state index contributed by atoms with van der Waals surface area (Å²) in [5.74, 6) is -3.67. The number of rotatable bonds is 5. The molecule has 0 fully saturated rings. The lowest BCUT2D eigenvalue weighted by molar-refractivity contribution is -0.141. The van der Waals surface area contributed by atoms with Gasteiger partial charge in [-0.05, 0) is 19.1 Å². The first-order valence-electron chi connectivity index (χ1n) is 4.95. The Labute approximate surface area is 99.0 Å². The quantitative estimate of drug-likeness (QED) is 0.869. The number of halogens is 1. The molecule has 0 aliphatic heterocycles. The molecule has 6 heteroatoms. The largest absolute Gasteiger partial charge is 0.481 e. The predicted octanol–water partition coefficient (Wildman–Crippen LogP) is 1.44. The van der Waals surface area contributed by atoms with E-state index in [4.69, 9.17) is 5.11 Å². The molecule has 0 unspecified atom stereocenters. The summed E-state index contributed by atoms with van der Waals surface area (Å²) in [6, 6.07) is 6.00. The van der Waals surface area contributed by atoms with Gasteiger partial charge >= 0.3 is 5.97 Å². The van der Waals surface area contributed by atoms with Crippen LogP contribution in [0.4, 0.5) is 4.39 Å². The van der Waals surface area contributed by atoms with Crippen molar-refractivity contribution in [2.45, 2.75) is 11.8 Å². The van der Waals surface area contributed by atoms with Crippen LogP contribution in [0.25, 0.3) is 0 Å². The highest BCUT2D eigenvalue weighted by molar-refractivity contribution is 7.91. The molecule has 1 aromatic rings. The number of carboxylic acids is 1. The topological polar surface area (TPSA) is 71.4 Å². The minimum Gasteiger partial charge on any atom is -0.481 e. The molecule has 0 aliphatic carbocycles. The lowest BCUT2D eigenvalue weighted by Crippen LogP contribution is -2.25. The Morgan fingerprint density at radius 3 is 2.29 bits per heavy atom. The number of benzene rings is 1. The van der Waals surface area contributed by atoms with Gasteiger partial charge in [0.15, 0.2) is 9.84 Å². The van der Waals surface area contributed by atoms with Gasteiger partial charge in [-0.3, -0.25) is 9.18 Å². The molecule has 0 aliphatic rings. The number of aryl methyl sites for hydroxylation is 1. The molecule has 0 saturated heterocycles. The SMILES string of the molecule is Cc1ccc(S(=O)(=O)C[C@H](CF)C(=O)O)cc1. The summed E-state index contributed by atoms with van der Waals surface area (Å²) in [4.78, 5) is 10.6. The van der Waals surface area contributed by atoms with Crippen molar-refractivity contribution in [3.63, 3.8) is 0 Å². The van der Waals surface area contributed by atoms with E-state index in [-0.39, 0.29) is 4.90 Å². The zero-order valence-electron chi connectivity index (χ0n) is 9.26. The van der Waals surface area contributed by atoms with Crippen molar-refractivity contribution in [2.75, 3.05) is 12.4 Å². The normalized spacial score (nSPS) is 13.3. The maximum atomic E-state index is 12.4. The molecular formula is C11H13FO4S. The molecule has 17 heavy (non-hydrogen) atoms. The van der Waals surface area contributed by atoms with Gasteiger partial charge in [0.2, 0.25) is 0 Å². The summed E-state index contributed by atoms with van der Waals surface area (Å²) in [5.41, 5.74) is 0.893. The van der Waals surface area contributed by atoms with Gasteiger partial charge < -0.3 is 5.11 Å². The minimum absolute atomic E-state index is 0.0165. The Balaban J connectivity index is 2.96. The molecule has 0 heterocycles. The monoisotopic (exact) mass is 260 g/mol. The Hall–Kier alpha value is -1.43. The van der Waals surface area contributed by atoms with Gasteiger partial charge in [0.25, 0.3) is 0 Å². The second-order valence-corrected chi connectivity index (χ2v) is 5.82. The molecule has 1 aromatic carbocycles. The van der Waals surface area contributed by atoms with Crippen LogP contribution in [0.2, 0.25) is 0 Å². The number of sulfone groups is 1. The van der Waals surface area contributed by atoms with Crippen molar-refractivity contribution in [3.05, 3.63) is 29.8 Å². The van der Waals surface area contributed by atoms with Gasteiger partial charge in [-0.2, -0.15) is 0 Å². The number of carbonyl (C=O) groups is 1. The highest BCUT2D eigenvalue weighted by atomic mass is 32.2. The summed E-state index contributed by atoms with van der Waals surface area (Å²) in [6.07, 6.45) is 0. The van der Waals surface area contributed by atoms with Crippen molar-refractivity contribution in [3.8, 4) is 0 Å². The molecule has 0 amide bonds. The third kappa shape index (κ3) is 3.52. The maximum absolute atomic E-state index is 12.4. The highest BCUT2D eigenvalue weighted by Crippen LogP contribution is 2.15. The van der Waals surface area contributed by atoms with E-state index in [0.29, 0.717) is 0 Å². The molecule has 4 nitrogen and oxygen atoms in total. The van der Waals surface area contributed by atoms with Crippen LogP contribution in [-0.2, 0) is 14.6 Å². The van der Waals surface area contributed by atoms with Gasteiger partial charge in [-0.1, -0.05) is 17.7 Å². The molecule has 1 N–H and O–H groups in total. The zero-order chi connectivity index (χ0) is 13.1. The third-order valence-corrected chi connectivity index (χ3v) is 4.17. The lowest BCUT2D eigenvalue weighted by atomic mass is 10.2. The van der Waals surface area contributed by atoms with Crippen LogP contribution in [0, 0.1) is 12.8 Å². The summed E-state index contributed by atoms with van der Waals surface area (Å²) >= 11 is 0. The van der Waals surface area contributed by atoms with E-state index in [0.717, 1.165) is 5.56 Å². The first-order chi connectivity index (χ1) is 7.86. The van der Waals surface area contributed by atoms with Crippen molar-refractivity contribution < 1.29 is 22.7 Å². The van der Waals surface area contributed by atoms with Crippen molar-refractivity contribution in [2.24, 2.45) is 5.92 Å². The van der Waals surface area contributed by atoms with E-state index in [1.165, 1.54) is 12.1 Å². The summed E-state index contributed by atoms with van der Waals surface area (Å²) < 4.78 is 35.9. The van der Waals surface area contributed by atoms with E-state index in [9.17, 15) is 17.6 Å². The van der Waals surface area contributed by atoms with Gasteiger partial charge in [0.1, 0.15) is 6.67 Å². The van der Waals surface area contributed by atoms with Gasteiger partial charge in [0, 0.05) is 0 Å². The Morgan fingerprint density at radius 2 is 1.88 bits per heavy atom. The summed E-state index contributed by atoms with van der Waals surface area (Å²) in [5, 5.41) is 8.62. The summed E-state index contributed by atoms with van der Waals surface area (Å²) in [6.45, 7) is 0.610. The average Bonchev–Trinajstić information content (AvgIpc) is 2.26. The minimum atomic E-state index is -3.75. The molecular weight excluding hydrogens is 247 g/mol. The van der Waals surface area contributed by atoms with Crippen molar-refractivity contribution in [1.29, 1.82) is 0 Å². The first-order valence-corrected chi connectivity index (χ1v) is 6.60. The Bertz CT molecular complexity index is 493.